The van der Waals surface area contributed by atoms with E-state index in [2.05, 4.69) is 10.1 Å². The first-order valence-corrected chi connectivity index (χ1v) is 7.37. The van der Waals surface area contributed by atoms with E-state index in [9.17, 15) is 0 Å². The molecule has 3 aromatic rings. The van der Waals surface area contributed by atoms with Crippen molar-refractivity contribution >= 4 is 0 Å². The average Bonchev–Trinajstić information content (AvgIpc) is 3.05. The van der Waals surface area contributed by atoms with Gasteiger partial charge >= 0.3 is 0 Å². The van der Waals surface area contributed by atoms with Crippen LogP contribution in [0.25, 0.3) is 11.4 Å². The van der Waals surface area contributed by atoms with Crippen LogP contribution in [-0.4, -0.2) is 17.3 Å². The van der Waals surface area contributed by atoms with E-state index in [-0.39, 0.29) is 6.10 Å². The lowest BCUT2D eigenvalue weighted by Crippen LogP contribution is -2.03. The normalized spacial score (nSPS) is 12.0. The molecule has 0 aliphatic carbocycles. The fraction of sp³-hybridized carbons (Fsp3) is 0.222. The molecule has 0 saturated heterocycles. The molecule has 23 heavy (non-hydrogen) atoms. The van der Waals surface area contributed by atoms with Crippen LogP contribution in [0, 0.1) is 6.92 Å². The van der Waals surface area contributed by atoms with E-state index < -0.39 is 0 Å². The molecule has 0 unspecified atom stereocenters. The van der Waals surface area contributed by atoms with E-state index >= 15 is 0 Å². The molecule has 5 nitrogen and oxygen atoms in total. The summed E-state index contributed by atoms with van der Waals surface area (Å²) in [6, 6.07) is 15.3. The van der Waals surface area contributed by atoms with Crippen molar-refractivity contribution in [3.63, 3.8) is 0 Å². The minimum Gasteiger partial charge on any atom is -0.497 e. The molecule has 0 radical (unpaired) electrons. The predicted octanol–water partition coefficient (Wildman–Crippen LogP) is 4.19. The lowest BCUT2D eigenvalue weighted by molar-refractivity contribution is 0.175. The highest BCUT2D eigenvalue weighted by molar-refractivity contribution is 5.55. The number of ether oxygens (including phenoxy) is 2. The standard InChI is InChI=1S/C18H18N2O3/c1-12-5-4-6-16(11-12)22-13(2)18-19-17(20-23-18)14-7-9-15(21-3)10-8-14/h4-11,13H,1-3H3/t13-/m0/s1. The van der Waals surface area contributed by atoms with Crippen LogP contribution in [0.1, 0.15) is 24.5 Å². The molecular weight excluding hydrogens is 292 g/mol. The van der Waals surface area contributed by atoms with Crippen molar-refractivity contribution in [2.45, 2.75) is 20.0 Å². The van der Waals surface area contributed by atoms with Crippen molar-refractivity contribution in [1.29, 1.82) is 0 Å². The Hall–Kier alpha value is -2.82. The van der Waals surface area contributed by atoms with Crippen molar-refractivity contribution in [2.75, 3.05) is 7.11 Å². The topological polar surface area (TPSA) is 57.4 Å². The Balaban J connectivity index is 1.75. The third-order valence-electron chi connectivity index (χ3n) is 3.44. The summed E-state index contributed by atoms with van der Waals surface area (Å²) in [5.41, 5.74) is 2.00. The van der Waals surface area contributed by atoms with Gasteiger partial charge in [-0.15, -0.1) is 0 Å². The van der Waals surface area contributed by atoms with Crippen molar-refractivity contribution in [2.24, 2.45) is 0 Å². The van der Waals surface area contributed by atoms with Gasteiger partial charge in [0.1, 0.15) is 11.5 Å². The van der Waals surface area contributed by atoms with Gasteiger partial charge in [0.05, 0.1) is 7.11 Å². The summed E-state index contributed by atoms with van der Waals surface area (Å²) in [6.07, 6.45) is -0.323. The molecule has 0 amide bonds. The highest BCUT2D eigenvalue weighted by atomic mass is 16.5. The van der Waals surface area contributed by atoms with Crippen molar-refractivity contribution < 1.29 is 14.0 Å². The van der Waals surface area contributed by atoms with Crippen LogP contribution >= 0.6 is 0 Å². The van der Waals surface area contributed by atoms with Gasteiger partial charge in [0.2, 0.25) is 5.82 Å². The van der Waals surface area contributed by atoms with Crippen LogP contribution in [0.4, 0.5) is 0 Å². The molecule has 3 rings (SSSR count). The molecule has 0 aliphatic rings. The molecule has 0 N–H and O–H groups in total. The van der Waals surface area contributed by atoms with E-state index in [1.165, 1.54) is 0 Å². The van der Waals surface area contributed by atoms with Gasteiger partial charge in [-0.25, -0.2) is 0 Å². The maximum absolute atomic E-state index is 5.85. The maximum atomic E-state index is 5.85. The molecule has 0 fully saturated rings. The average molecular weight is 310 g/mol. The number of rotatable bonds is 5. The summed E-state index contributed by atoms with van der Waals surface area (Å²) in [5.74, 6) is 2.54. The van der Waals surface area contributed by atoms with Gasteiger partial charge in [-0.3, -0.25) is 0 Å². The van der Waals surface area contributed by atoms with Crippen LogP contribution in [0.2, 0.25) is 0 Å². The van der Waals surface area contributed by atoms with E-state index in [4.69, 9.17) is 14.0 Å². The van der Waals surface area contributed by atoms with Gasteiger partial charge in [-0.1, -0.05) is 17.3 Å². The second kappa shape index (κ2) is 6.52. The largest absolute Gasteiger partial charge is 0.497 e. The fourth-order valence-electron chi connectivity index (χ4n) is 2.20. The molecule has 1 aromatic heterocycles. The van der Waals surface area contributed by atoms with Gasteiger partial charge < -0.3 is 14.0 Å². The van der Waals surface area contributed by atoms with Gasteiger partial charge in [-0.05, 0) is 55.8 Å². The maximum Gasteiger partial charge on any atom is 0.267 e. The molecule has 5 heteroatoms. The first-order valence-electron chi connectivity index (χ1n) is 7.37. The first-order chi connectivity index (χ1) is 11.2. The van der Waals surface area contributed by atoms with E-state index in [0.717, 1.165) is 22.6 Å². The van der Waals surface area contributed by atoms with Crippen LogP contribution in [-0.2, 0) is 0 Å². The highest BCUT2D eigenvalue weighted by Gasteiger charge is 2.17. The van der Waals surface area contributed by atoms with E-state index in [1.807, 2.05) is 62.4 Å². The molecule has 0 spiro atoms. The molecular formula is C18H18N2O3. The van der Waals surface area contributed by atoms with Crippen LogP contribution < -0.4 is 9.47 Å². The Labute approximate surface area is 134 Å². The number of nitrogens with zero attached hydrogens (tertiary/aromatic N) is 2. The predicted molar refractivity (Wildman–Crippen MR) is 86.5 cm³/mol. The zero-order valence-electron chi connectivity index (χ0n) is 13.3. The number of aryl methyl sites for hydroxylation is 1. The summed E-state index contributed by atoms with van der Waals surface area (Å²) >= 11 is 0. The van der Waals surface area contributed by atoms with Crippen LogP contribution in [0.15, 0.2) is 53.1 Å². The Bertz CT molecular complexity index is 781. The van der Waals surface area contributed by atoms with Crippen LogP contribution in [0.5, 0.6) is 11.5 Å². The van der Waals surface area contributed by atoms with Gasteiger partial charge in [-0.2, -0.15) is 4.98 Å². The third-order valence-corrected chi connectivity index (χ3v) is 3.44. The summed E-state index contributed by atoms with van der Waals surface area (Å²) < 4.78 is 16.3. The monoisotopic (exact) mass is 310 g/mol. The molecule has 1 atom stereocenters. The zero-order chi connectivity index (χ0) is 16.2. The Morgan fingerprint density at radius 1 is 1.04 bits per heavy atom. The number of methoxy groups -OCH3 is 1. The quantitative estimate of drug-likeness (QED) is 0.707. The van der Waals surface area contributed by atoms with Gasteiger partial charge in [0, 0.05) is 5.56 Å². The molecule has 0 aliphatic heterocycles. The summed E-state index contributed by atoms with van der Waals surface area (Å²) in [5, 5.41) is 4.02. The second-order valence-corrected chi connectivity index (χ2v) is 5.26. The summed E-state index contributed by atoms with van der Waals surface area (Å²) in [6.45, 7) is 3.90. The molecule has 0 saturated carbocycles. The Morgan fingerprint density at radius 3 is 2.52 bits per heavy atom. The number of hydrogen-bond acceptors (Lipinski definition) is 5. The smallest absolute Gasteiger partial charge is 0.267 e. The first kappa shape index (κ1) is 15.1. The minimum atomic E-state index is -0.323. The fourth-order valence-corrected chi connectivity index (χ4v) is 2.20. The lowest BCUT2D eigenvalue weighted by Gasteiger charge is -2.10. The Kier molecular flexibility index (Phi) is 4.28. The third kappa shape index (κ3) is 3.51. The van der Waals surface area contributed by atoms with E-state index in [1.54, 1.807) is 7.11 Å². The van der Waals surface area contributed by atoms with E-state index in [0.29, 0.717) is 11.7 Å². The van der Waals surface area contributed by atoms with Crippen molar-refractivity contribution in [3.05, 3.63) is 60.0 Å². The Morgan fingerprint density at radius 2 is 1.83 bits per heavy atom. The zero-order valence-corrected chi connectivity index (χ0v) is 13.3. The van der Waals surface area contributed by atoms with Crippen LogP contribution in [0.3, 0.4) is 0 Å². The molecule has 1 heterocycles. The van der Waals surface area contributed by atoms with Gasteiger partial charge in [0.15, 0.2) is 6.10 Å². The van der Waals surface area contributed by atoms with Gasteiger partial charge in [0.25, 0.3) is 5.89 Å². The number of benzene rings is 2. The summed E-state index contributed by atoms with van der Waals surface area (Å²) in [4.78, 5) is 4.41. The van der Waals surface area contributed by atoms with Crippen molar-refractivity contribution in [3.8, 4) is 22.9 Å². The summed E-state index contributed by atoms with van der Waals surface area (Å²) in [7, 11) is 1.63. The van der Waals surface area contributed by atoms with Crippen molar-refractivity contribution in [1.82, 2.24) is 10.1 Å². The minimum absolute atomic E-state index is 0.323. The number of hydrogen-bond donors (Lipinski definition) is 0. The number of aromatic nitrogens is 2. The SMILES string of the molecule is COc1ccc(-c2noc([C@H](C)Oc3cccc(C)c3)n2)cc1. The molecule has 0 bridgehead atoms. The second-order valence-electron chi connectivity index (χ2n) is 5.26. The molecule has 118 valence electrons. The molecule has 2 aromatic carbocycles. The lowest BCUT2D eigenvalue weighted by atomic mass is 10.2. The highest BCUT2D eigenvalue weighted by Crippen LogP contribution is 2.24.